The number of ether oxygens (including phenoxy) is 1. The second-order valence-electron chi connectivity index (χ2n) is 5.55. The van der Waals surface area contributed by atoms with Gasteiger partial charge >= 0.3 is 0 Å². The van der Waals surface area contributed by atoms with E-state index in [0.717, 1.165) is 9.87 Å². The summed E-state index contributed by atoms with van der Waals surface area (Å²) in [6.07, 6.45) is 0. The Kier molecular flexibility index (Phi) is 6.05. The summed E-state index contributed by atoms with van der Waals surface area (Å²) in [5.41, 5.74) is 1.17. The average Bonchev–Trinajstić information content (AvgIpc) is 2.56. The van der Waals surface area contributed by atoms with Crippen LogP contribution in [0.4, 0.5) is 5.69 Å². The van der Waals surface area contributed by atoms with Crippen LogP contribution in [0.3, 0.4) is 0 Å². The zero-order valence-corrected chi connectivity index (χ0v) is 15.7. The minimum Gasteiger partial charge on any atom is -0.484 e. The summed E-state index contributed by atoms with van der Waals surface area (Å²) in [7, 11) is -0.669. The number of carbonyl (C=O) groups excluding carboxylic acids is 1. The van der Waals surface area contributed by atoms with Crippen LogP contribution in [0.5, 0.6) is 5.75 Å². The number of nitrogens with zero attached hydrogens (tertiary/aromatic N) is 1. The first kappa shape index (κ1) is 19.2. The van der Waals surface area contributed by atoms with Crippen molar-refractivity contribution in [2.45, 2.75) is 11.8 Å². The van der Waals surface area contributed by atoms with Crippen LogP contribution in [-0.4, -0.2) is 39.3 Å². The zero-order valence-electron chi connectivity index (χ0n) is 14.1. The molecule has 2 rings (SSSR count). The Morgan fingerprint density at radius 2 is 1.80 bits per heavy atom. The van der Waals surface area contributed by atoms with Crippen LogP contribution in [0, 0.1) is 6.92 Å². The maximum atomic E-state index is 12.2. The monoisotopic (exact) mass is 382 g/mol. The molecule has 0 saturated carbocycles. The highest BCUT2D eigenvalue weighted by molar-refractivity contribution is 7.89. The van der Waals surface area contributed by atoms with Crippen LogP contribution < -0.4 is 10.1 Å². The molecule has 25 heavy (non-hydrogen) atoms. The van der Waals surface area contributed by atoms with Gasteiger partial charge in [0.2, 0.25) is 10.0 Å². The Morgan fingerprint density at radius 1 is 1.16 bits per heavy atom. The SMILES string of the molecule is Cc1ccc(S(=O)(=O)N(C)C)cc1NC(=O)COc1ccc(Cl)cc1. The third kappa shape index (κ3) is 4.94. The number of hydrogen-bond donors (Lipinski definition) is 1. The van der Waals surface area contributed by atoms with Gasteiger partial charge in [-0.15, -0.1) is 0 Å². The zero-order chi connectivity index (χ0) is 18.6. The van der Waals surface area contributed by atoms with Crippen molar-refractivity contribution in [3.05, 3.63) is 53.1 Å². The lowest BCUT2D eigenvalue weighted by atomic mass is 10.2. The van der Waals surface area contributed by atoms with E-state index in [9.17, 15) is 13.2 Å². The fourth-order valence-corrected chi connectivity index (χ4v) is 3.03. The molecule has 8 heteroatoms. The number of nitrogens with one attached hydrogen (secondary N) is 1. The molecule has 134 valence electrons. The first-order chi connectivity index (χ1) is 11.7. The van der Waals surface area contributed by atoms with Gasteiger partial charge in [-0.05, 0) is 48.9 Å². The number of amides is 1. The van der Waals surface area contributed by atoms with Crippen LogP contribution in [0.15, 0.2) is 47.4 Å². The molecule has 0 radical (unpaired) electrons. The van der Waals surface area contributed by atoms with Gasteiger partial charge in [0.1, 0.15) is 5.75 Å². The summed E-state index contributed by atoms with van der Waals surface area (Å²) in [6.45, 7) is 1.58. The standard InChI is InChI=1S/C17H19ClN2O4S/c1-12-4-9-15(25(22,23)20(2)3)10-16(12)19-17(21)11-24-14-7-5-13(18)6-8-14/h4-10H,11H2,1-3H3,(H,19,21). The third-order valence-electron chi connectivity index (χ3n) is 3.45. The lowest BCUT2D eigenvalue weighted by molar-refractivity contribution is -0.118. The fraction of sp³-hybridized carbons (Fsp3) is 0.235. The molecule has 2 aromatic rings. The van der Waals surface area contributed by atoms with E-state index in [1.165, 1.54) is 26.2 Å². The van der Waals surface area contributed by atoms with Gasteiger partial charge < -0.3 is 10.1 Å². The first-order valence-electron chi connectivity index (χ1n) is 7.41. The molecule has 0 aliphatic rings. The Labute approximate surface area is 152 Å². The topological polar surface area (TPSA) is 75.7 Å². The van der Waals surface area contributed by atoms with Gasteiger partial charge in [0.05, 0.1) is 4.90 Å². The van der Waals surface area contributed by atoms with Crippen molar-refractivity contribution in [2.75, 3.05) is 26.0 Å². The third-order valence-corrected chi connectivity index (χ3v) is 5.51. The normalized spacial score (nSPS) is 11.4. The van der Waals surface area contributed by atoms with Crippen molar-refractivity contribution < 1.29 is 17.9 Å². The average molecular weight is 383 g/mol. The van der Waals surface area contributed by atoms with E-state index in [-0.39, 0.29) is 11.5 Å². The van der Waals surface area contributed by atoms with Gasteiger partial charge in [-0.3, -0.25) is 4.79 Å². The molecule has 0 aliphatic heterocycles. The second-order valence-corrected chi connectivity index (χ2v) is 8.14. The predicted molar refractivity (Wildman–Crippen MR) is 97.6 cm³/mol. The molecule has 1 amide bonds. The minimum atomic E-state index is -3.57. The lowest BCUT2D eigenvalue weighted by Crippen LogP contribution is -2.23. The van der Waals surface area contributed by atoms with Crippen LogP contribution in [-0.2, 0) is 14.8 Å². The summed E-state index contributed by atoms with van der Waals surface area (Å²) in [5.74, 6) is 0.123. The smallest absolute Gasteiger partial charge is 0.262 e. The van der Waals surface area contributed by atoms with Crippen molar-refractivity contribution >= 4 is 33.2 Å². The summed E-state index contributed by atoms with van der Waals surface area (Å²) in [6, 6.07) is 11.2. The molecule has 0 unspecified atom stereocenters. The molecule has 0 fully saturated rings. The number of carbonyl (C=O) groups is 1. The van der Waals surface area contributed by atoms with Gasteiger partial charge in [-0.25, -0.2) is 12.7 Å². The highest BCUT2D eigenvalue weighted by Crippen LogP contribution is 2.22. The Morgan fingerprint density at radius 3 is 2.40 bits per heavy atom. The van der Waals surface area contributed by atoms with E-state index in [4.69, 9.17) is 16.3 Å². The van der Waals surface area contributed by atoms with E-state index in [2.05, 4.69) is 5.32 Å². The molecule has 0 aliphatic carbocycles. The van der Waals surface area contributed by atoms with Crippen molar-refractivity contribution in [2.24, 2.45) is 0 Å². The van der Waals surface area contributed by atoms with Gasteiger partial charge in [0.15, 0.2) is 6.61 Å². The molecular formula is C17H19ClN2O4S. The minimum absolute atomic E-state index is 0.108. The van der Waals surface area contributed by atoms with Crippen LogP contribution in [0.25, 0.3) is 0 Å². The lowest BCUT2D eigenvalue weighted by Gasteiger charge is -2.14. The van der Waals surface area contributed by atoms with Gasteiger partial charge in [-0.1, -0.05) is 17.7 Å². The molecule has 0 aromatic heterocycles. The van der Waals surface area contributed by atoms with Crippen LogP contribution in [0.2, 0.25) is 5.02 Å². The first-order valence-corrected chi connectivity index (χ1v) is 9.23. The number of sulfonamides is 1. The number of hydrogen-bond acceptors (Lipinski definition) is 4. The predicted octanol–water partition coefficient (Wildman–Crippen LogP) is 2.92. The van der Waals surface area contributed by atoms with Crippen molar-refractivity contribution in [1.29, 1.82) is 0 Å². The van der Waals surface area contributed by atoms with E-state index >= 15 is 0 Å². The van der Waals surface area contributed by atoms with E-state index < -0.39 is 15.9 Å². The number of aryl methyl sites for hydroxylation is 1. The molecule has 1 N–H and O–H groups in total. The van der Waals surface area contributed by atoms with Crippen LogP contribution in [0.1, 0.15) is 5.56 Å². The van der Waals surface area contributed by atoms with Gasteiger partial charge in [-0.2, -0.15) is 0 Å². The largest absolute Gasteiger partial charge is 0.484 e. The summed E-state index contributed by atoms with van der Waals surface area (Å²) in [5, 5.41) is 3.25. The molecular weight excluding hydrogens is 364 g/mol. The maximum Gasteiger partial charge on any atom is 0.262 e. The van der Waals surface area contributed by atoms with Crippen LogP contribution >= 0.6 is 11.6 Å². The number of anilines is 1. The molecule has 0 saturated heterocycles. The van der Waals surface area contributed by atoms with Gasteiger partial charge in [0.25, 0.3) is 5.91 Å². The Balaban J connectivity index is 2.08. The van der Waals surface area contributed by atoms with E-state index in [0.29, 0.717) is 16.5 Å². The summed E-state index contributed by atoms with van der Waals surface area (Å²) < 4.78 is 30.9. The second kappa shape index (κ2) is 7.86. The fourth-order valence-electron chi connectivity index (χ4n) is 1.97. The molecule has 6 nitrogen and oxygen atoms in total. The molecule has 2 aromatic carbocycles. The number of rotatable bonds is 6. The molecule has 0 bridgehead atoms. The molecule has 0 atom stereocenters. The summed E-state index contributed by atoms with van der Waals surface area (Å²) >= 11 is 5.79. The van der Waals surface area contributed by atoms with E-state index in [1.54, 1.807) is 37.3 Å². The summed E-state index contributed by atoms with van der Waals surface area (Å²) in [4.78, 5) is 12.2. The quantitative estimate of drug-likeness (QED) is 0.833. The molecule has 0 heterocycles. The maximum absolute atomic E-state index is 12.2. The van der Waals surface area contributed by atoms with Gasteiger partial charge in [0, 0.05) is 24.8 Å². The van der Waals surface area contributed by atoms with E-state index in [1.807, 2.05) is 0 Å². The highest BCUT2D eigenvalue weighted by atomic mass is 35.5. The highest BCUT2D eigenvalue weighted by Gasteiger charge is 2.18. The number of halogens is 1. The Bertz CT molecular complexity index is 865. The molecule has 0 spiro atoms. The van der Waals surface area contributed by atoms with Crippen molar-refractivity contribution in [1.82, 2.24) is 4.31 Å². The van der Waals surface area contributed by atoms with Crippen molar-refractivity contribution in [3.63, 3.8) is 0 Å². The number of benzene rings is 2. The Hall–Kier alpha value is -2.09. The van der Waals surface area contributed by atoms with Crippen molar-refractivity contribution in [3.8, 4) is 5.75 Å².